The number of hydrogen-bond acceptors (Lipinski definition) is 3. The predicted molar refractivity (Wildman–Crippen MR) is 101 cm³/mol. The molecular weight excluding hydrogens is 328 g/mol. The van der Waals surface area contributed by atoms with Gasteiger partial charge in [0.1, 0.15) is 0 Å². The SMILES string of the molecule is CCC(=O)N(CC)C[C@@H]1[C@@H](c2ccccc2)[C@H](CO)N1C(=O)C1CCC1. The first kappa shape index (κ1) is 18.9. The number of carbonyl (C=O) groups excluding carboxylic acids is 2. The average Bonchev–Trinajstić information content (AvgIpc) is 2.60. The fourth-order valence-corrected chi connectivity index (χ4v) is 4.32. The molecule has 1 N–H and O–H groups in total. The van der Waals surface area contributed by atoms with Gasteiger partial charge in [-0.05, 0) is 25.3 Å². The van der Waals surface area contributed by atoms with E-state index in [1.54, 1.807) is 0 Å². The molecule has 26 heavy (non-hydrogen) atoms. The molecule has 1 aromatic rings. The van der Waals surface area contributed by atoms with Crippen molar-refractivity contribution in [3.63, 3.8) is 0 Å². The van der Waals surface area contributed by atoms with Gasteiger partial charge in [0.25, 0.3) is 0 Å². The van der Waals surface area contributed by atoms with Gasteiger partial charge in [0.15, 0.2) is 0 Å². The van der Waals surface area contributed by atoms with Crippen LogP contribution in [0.5, 0.6) is 0 Å². The Kier molecular flexibility index (Phi) is 5.97. The van der Waals surface area contributed by atoms with Crippen molar-refractivity contribution in [1.82, 2.24) is 9.80 Å². The summed E-state index contributed by atoms with van der Waals surface area (Å²) in [5.41, 5.74) is 1.13. The number of carbonyl (C=O) groups is 2. The number of likely N-dealkylation sites (tertiary alicyclic amines) is 1. The molecule has 1 aliphatic carbocycles. The molecule has 2 amide bonds. The second-order valence-corrected chi connectivity index (χ2v) is 7.41. The Bertz CT molecular complexity index is 629. The number of hydrogen-bond donors (Lipinski definition) is 1. The summed E-state index contributed by atoms with van der Waals surface area (Å²) in [6, 6.07) is 9.83. The average molecular weight is 358 g/mol. The standard InChI is InChI=1S/C21H30N2O3/c1-3-19(25)22(4-2)13-17-20(15-9-6-5-7-10-15)18(14-24)23(17)21(26)16-11-8-12-16/h5-7,9-10,16-18,20,24H,3-4,8,11-14H2,1-2H3/t17-,18+,20-/m1/s1. The maximum Gasteiger partial charge on any atom is 0.226 e. The van der Waals surface area contributed by atoms with E-state index in [4.69, 9.17) is 0 Å². The minimum absolute atomic E-state index is 0.0393. The van der Waals surface area contributed by atoms with Gasteiger partial charge in [0.2, 0.25) is 11.8 Å². The van der Waals surface area contributed by atoms with Crippen molar-refractivity contribution in [3.8, 4) is 0 Å². The van der Waals surface area contributed by atoms with E-state index in [1.807, 2.05) is 41.8 Å². The lowest BCUT2D eigenvalue weighted by Crippen LogP contribution is -2.70. The normalized spacial score (nSPS) is 25.3. The molecule has 3 rings (SSSR count). The molecule has 142 valence electrons. The summed E-state index contributed by atoms with van der Waals surface area (Å²) in [5, 5.41) is 10.00. The molecule has 5 heteroatoms. The zero-order valence-electron chi connectivity index (χ0n) is 15.8. The third-order valence-electron chi connectivity index (χ3n) is 6.07. The van der Waals surface area contributed by atoms with Crippen LogP contribution >= 0.6 is 0 Å². The topological polar surface area (TPSA) is 60.9 Å². The van der Waals surface area contributed by atoms with E-state index in [9.17, 15) is 14.7 Å². The van der Waals surface area contributed by atoms with Crippen LogP contribution in [0.2, 0.25) is 0 Å². The Morgan fingerprint density at radius 3 is 2.35 bits per heavy atom. The quantitative estimate of drug-likeness (QED) is 0.814. The number of aliphatic hydroxyl groups excluding tert-OH is 1. The Morgan fingerprint density at radius 1 is 1.15 bits per heavy atom. The van der Waals surface area contributed by atoms with Crippen LogP contribution in [0.25, 0.3) is 0 Å². The Morgan fingerprint density at radius 2 is 1.85 bits per heavy atom. The number of rotatable bonds is 7. The number of likely N-dealkylation sites (N-methyl/N-ethyl adjacent to an activating group) is 1. The van der Waals surface area contributed by atoms with Crippen LogP contribution in [0.1, 0.15) is 51.0 Å². The molecule has 0 unspecified atom stereocenters. The summed E-state index contributed by atoms with van der Waals surface area (Å²) in [4.78, 5) is 29.0. The minimum Gasteiger partial charge on any atom is -0.394 e. The van der Waals surface area contributed by atoms with Gasteiger partial charge in [-0.3, -0.25) is 9.59 Å². The van der Waals surface area contributed by atoms with Crippen LogP contribution in [0.3, 0.4) is 0 Å². The van der Waals surface area contributed by atoms with Gasteiger partial charge in [-0.1, -0.05) is 43.7 Å². The van der Waals surface area contributed by atoms with Crippen molar-refractivity contribution in [2.24, 2.45) is 5.92 Å². The van der Waals surface area contributed by atoms with Crippen molar-refractivity contribution in [1.29, 1.82) is 0 Å². The highest BCUT2D eigenvalue weighted by Gasteiger charge is 2.53. The molecule has 2 fully saturated rings. The number of benzene rings is 1. The Balaban J connectivity index is 1.86. The van der Waals surface area contributed by atoms with Gasteiger partial charge in [-0.25, -0.2) is 0 Å². The lowest BCUT2D eigenvalue weighted by Gasteiger charge is -2.57. The second-order valence-electron chi connectivity index (χ2n) is 7.41. The number of nitrogens with zero attached hydrogens (tertiary/aromatic N) is 2. The van der Waals surface area contributed by atoms with Gasteiger partial charge in [-0.2, -0.15) is 0 Å². The van der Waals surface area contributed by atoms with Crippen LogP contribution in [0.15, 0.2) is 30.3 Å². The van der Waals surface area contributed by atoms with E-state index in [2.05, 4.69) is 12.1 Å². The molecule has 1 aromatic carbocycles. The van der Waals surface area contributed by atoms with Crippen molar-refractivity contribution < 1.29 is 14.7 Å². The van der Waals surface area contributed by atoms with Crippen molar-refractivity contribution >= 4 is 11.8 Å². The second kappa shape index (κ2) is 8.21. The van der Waals surface area contributed by atoms with Crippen molar-refractivity contribution in [2.45, 2.75) is 57.5 Å². The van der Waals surface area contributed by atoms with Crippen LogP contribution in [0, 0.1) is 5.92 Å². The highest BCUT2D eigenvalue weighted by atomic mass is 16.3. The summed E-state index contributed by atoms with van der Waals surface area (Å²) < 4.78 is 0. The maximum atomic E-state index is 13.0. The summed E-state index contributed by atoms with van der Waals surface area (Å²) >= 11 is 0. The molecule has 0 spiro atoms. The maximum absolute atomic E-state index is 13.0. The summed E-state index contributed by atoms with van der Waals surface area (Å²) in [6.45, 7) is 4.99. The molecule has 2 aliphatic rings. The molecule has 1 saturated carbocycles. The van der Waals surface area contributed by atoms with E-state index >= 15 is 0 Å². The van der Waals surface area contributed by atoms with E-state index in [0.717, 1.165) is 24.8 Å². The number of amides is 2. The zero-order valence-corrected chi connectivity index (χ0v) is 15.8. The lowest BCUT2D eigenvalue weighted by molar-refractivity contribution is -0.161. The summed E-state index contributed by atoms with van der Waals surface area (Å²) in [6.07, 6.45) is 3.47. The first-order valence-electron chi connectivity index (χ1n) is 9.88. The first-order valence-corrected chi connectivity index (χ1v) is 9.88. The molecule has 1 aliphatic heterocycles. The molecule has 3 atom stereocenters. The molecule has 1 saturated heterocycles. The van der Waals surface area contributed by atoms with Crippen LogP contribution < -0.4 is 0 Å². The molecule has 0 radical (unpaired) electrons. The Labute approximate surface area is 156 Å². The van der Waals surface area contributed by atoms with Crippen LogP contribution in [0.4, 0.5) is 0 Å². The highest BCUT2D eigenvalue weighted by molar-refractivity contribution is 5.82. The zero-order chi connectivity index (χ0) is 18.7. The number of aliphatic hydroxyl groups is 1. The van der Waals surface area contributed by atoms with Gasteiger partial charge in [0, 0.05) is 31.3 Å². The predicted octanol–water partition coefficient (Wildman–Crippen LogP) is 2.40. The fourth-order valence-electron chi connectivity index (χ4n) is 4.32. The smallest absolute Gasteiger partial charge is 0.226 e. The Hall–Kier alpha value is -1.88. The van der Waals surface area contributed by atoms with Gasteiger partial charge in [-0.15, -0.1) is 0 Å². The van der Waals surface area contributed by atoms with Crippen molar-refractivity contribution in [2.75, 3.05) is 19.7 Å². The van der Waals surface area contributed by atoms with E-state index in [-0.39, 0.29) is 42.3 Å². The van der Waals surface area contributed by atoms with Crippen LogP contribution in [-0.2, 0) is 9.59 Å². The molecule has 5 nitrogen and oxygen atoms in total. The molecule has 0 bridgehead atoms. The van der Waals surface area contributed by atoms with Crippen molar-refractivity contribution in [3.05, 3.63) is 35.9 Å². The van der Waals surface area contributed by atoms with E-state index < -0.39 is 0 Å². The van der Waals surface area contributed by atoms with Crippen LogP contribution in [-0.4, -0.2) is 58.5 Å². The van der Waals surface area contributed by atoms with Gasteiger partial charge in [0.05, 0.1) is 18.7 Å². The summed E-state index contributed by atoms with van der Waals surface area (Å²) in [5.74, 6) is 0.444. The van der Waals surface area contributed by atoms with E-state index in [0.29, 0.717) is 19.5 Å². The molecular formula is C21H30N2O3. The molecule has 0 aromatic heterocycles. The van der Waals surface area contributed by atoms with E-state index in [1.165, 1.54) is 0 Å². The third-order valence-corrected chi connectivity index (χ3v) is 6.07. The van der Waals surface area contributed by atoms with Gasteiger partial charge < -0.3 is 14.9 Å². The first-order chi connectivity index (χ1) is 12.6. The molecule has 1 heterocycles. The fraction of sp³-hybridized carbons (Fsp3) is 0.619. The van der Waals surface area contributed by atoms with Gasteiger partial charge >= 0.3 is 0 Å². The largest absolute Gasteiger partial charge is 0.394 e. The summed E-state index contributed by atoms with van der Waals surface area (Å²) in [7, 11) is 0. The highest BCUT2D eigenvalue weighted by Crippen LogP contribution is 2.43. The minimum atomic E-state index is -0.189. The lowest BCUT2D eigenvalue weighted by atomic mass is 9.72. The third kappa shape index (κ3) is 3.37. The monoisotopic (exact) mass is 358 g/mol.